The number of nitrogens with zero attached hydrogens (tertiary/aromatic N) is 5. The van der Waals surface area contributed by atoms with Gasteiger partial charge in [-0.1, -0.05) is 24.8 Å². The minimum Gasteiger partial charge on any atom is -0.352 e. The van der Waals surface area contributed by atoms with Crippen LogP contribution in [-0.4, -0.2) is 55.9 Å². The topological polar surface area (TPSA) is 63.4 Å². The van der Waals surface area contributed by atoms with E-state index in [1.165, 1.54) is 10.6 Å². The van der Waals surface area contributed by atoms with E-state index in [1.807, 2.05) is 54.9 Å². The number of fused-ring (bicyclic) bond motifs is 1. The third-order valence-corrected chi connectivity index (χ3v) is 10.4. The number of halogens is 5. The number of alkyl halides is 3. The Bertz CT molecular complexity index is 2170. The quantitative estimate of drug-likeness (QED) is 0.148. The molecule has 0 bridgehead atoms. The highest BCUT2D eigenvalue weighted by molar-refractivity contribution is 7.99. The van der Waals surface area contributed by atoms with Gasteiger partial charge in [-0.2, -0.15) is 18.2 Å². The van der Waals surface area contributed by atoms with Gasteiger partial charge < -0.3 is 14.4 Å². The van der Waals surface area contributed by atoms with Gasteiger partial charge in [-0.3, -0.25) is 9.36 Å². The van der Waals surface area contributed by atoms with Crippen LogP contribution in [0.15, 0.2) is 83.1 Å². The van der Waals surface area contributed by atoms with E-state index in [0.29, 0.717) is 6.07 Å². The number of para-hydroxylation sites is 1. The van der Waals surface area contributed by atoms with Crippen LogP contribution < -0.4 is 10.6 Å². The Kier molecular flexibility index (Phi) is 7.85. The molecule has 13 heteroatoms. The van der Waals surface area contributed by atoms with Gasteiger partial charge in [0.15, 0.2) is 0 Å². The van der Waals surface area contributed by atoms with E-state index < -0.39 is 40.2 Å². The van der Waals surface area contributed by atoms with Gasteiger partial charge >= 0.3 is 11.9 Å². The number of amides is 1. The number of rotatable bonds is 4. The molecule has 1 fully saturated rings. The van der Waals surface area contributed by atoms with Gasteiger partial charge in [0.25, 0.3) is 0 Å². The molecule has 0 radical (unpaired) electrons. The number of piperazine rings is 1. The van der Waals surface area contributed by atoms with E-state index >= 15 is 17.6 Å². The van der Waals surface area contributed by atoms with Crippen molar-refractivity contribution in [2.24, 2.45) is 0 Å². The molecule has 5 aromatic rings. The summed E-state index contributed by atoms with van der Waals surface area (Å²) in [5.74, 6) is -2.05. The van der Waals surface area contributed by atoms with E-state index in [-0.39, 0.29) is 71.0 Å². The highest BCUT2D eigenvalue weighted by Crippen LogP contribution is 2.49. The lowest BCUT2D eigenvalue weighted by atomic mass is 9.95. The molecule has 4 heterocycles. The van der Waals surface area contributed by atoms with Crippen LogP contribution in [0, 0.1) is 11.6 Å². The van der Waals surface area contributed by atoms with Crippen molar-refractivity contribution in [1.82, 2.24) is 19.0 Å². The van der Waals surface area contributed by atoms with Crippen molar-refractivity contribution in [2.75, 3.05) is 23.7 Å². The number of carbonyl (C=O) groups is 1. The maximum Gasteiger partial charge on any atom is 0.417 e. The fraction of sp³-hybridized carbons (Fsp3) is 0.286. The van der Waals surface area contributed by atoms with Crippen LogP contribution in [0.3, 0.4) is 0 Å². The van der Waals surface area contributed by atoms with Gasteiger partial charge in [-0.05, 0) is 55.6 Å². The number of hydrogen-bond acceptors (Lipinski definition) is 5. The number of carbonyl (C=O) groups excluding carboxylic acids is 1. The molecule has 248 valence electrons. The molecule has 3 atom stereocenters. The lowest BCUT2D eigenvalue weighted by Crippen LogP contribution is -2.58. The highest BCUT2D eigenvalue weighted by Gasteiger charge is 2.40. The molecular weight excluding hydrogens is 649 g/mol. The van der Waals surface area contributed by atoms with Crippen LogP contribution in [0.4, 0.5) is 27.8 Å². The fourth-order valence-electron chi connectivity index (χ4n) is 7.20. The molecule has 2 aliphatic heterocycles. The molecule has 2 aliphatic rings. The van der Waals surface area contributed by atoms with Crippen molar-refractivity contribution in [3.63, 3.8) is 0 Å². The zero-order valence-corrected chi connectivity index (χ0v) is 26.8. The second-order valence-electron chi connectivity index (χ2n) is 12.3. The summed E-state index contributed by atoms with van der Waals surface area (Å²) in [7, 11) is 0. The average Bonchev–Trinajstić information content (AvgIpc) is 3.36. The Balaban J connectivity index is 1.50. The van der Waals surface area contributed by atoms with Gasteiger partial charge in [0.2, 0.25) is 5.91 Å². The van der Waals surface area contributed by atoms with Gasteiger partial charge in [0.1, 0.15) is 17.5 Å². The summed E-state index contributed by atoms with van der Waals surface area (Å²) in [6.07, 6.45) is -1.85. The molecule has 2 aromatic heterocycles. The van der Waals surface area contributed by atoms with E-state index in [1.54, 1.807) is 9.80 Å². The smallest absolute Gasteiger partial charge is 0.352 e. The molecule has 1 amide bonds. The molecule has 0 aliphatic carbocycles. The Morgan fingerprint density at radius 2 is 1.75 bits per heavy atom. The van der Waals surface area contributed by atoms with Crippen molar-refractivity contribution in [3.8, 4) is 11.1 Å². The summed E-state index contributed by atoms with van der Waals surface area (Å²) >= 11 is 1.10. The molecule has 48 heavy (non-hydrogen) atoms. The summed E-state index contributed by atoms with van der Waals surface area (Å²) in [6.45, 7) is 7.69. The van der Waals surface area contributed by atoms with Crippen molar-refractivity contribution in [1.29, 1.82) is 0 Å². The number of anilines is 1. The van der Waals surface area contributed by atoms with E-state index in [4.69, 9.17) is 0 Å². The number of aromatic nitrogens is 3. The highest BCUT2D eigenvalue weighted by atomic mass is 32.2. The first-order chi connectivity index (χ1) is 22.9. The average molecular weight is 680 g/mol. The minimum absolute atomic E-state index is 0.0546. The van der Waals surface area contributed by atoms with Gasteiger partial charge in [-0.25, -0.2) is 13.6 Å². The molecular formula is C35H30F5N5O2S. The molecule has 0 N–H and O–H groups in total. The van der Waals surface area contributed by atoms with E-state index in [9.17, 15) is 14.0 Å². The van der Waals surface area contributed by atoms with Crippen LogP contribution in [0.25, 0.3) is 32.9 Å². The summed E-state index contributed by atoms with van der Waals surface area (Å²) in [5, 5.41) is 1.04. The largest absolute Gasteiger partial charge is 0.417 e. The van der Waals surface area contributed by atoms with Crippen LogP contribution in [0.1, 0.15) is 25.5 Å². The molecule has 0 spiro atoms. The van der Waals surface area contributed by atoms with Gasteiger partial charge in [0, 0.05) is 76.7 Å². The molecule has 3 aromatic carbocycles. The van der Waals surface area contributed by atoms with Crippen LogP contribution >= 0.6 is 11.8 Å². The zero-order valence-electron chi connectivity index (χ0n) is 26.0. The fourth-order valence-corrected chi connectivity index (χ4v) is 8.54. The second-order valence-corrected chi connectivity index (χ2v) is 13.3. The normalized spacial score (nSPS) is 19.9. The minimum atomic E-state index is -4.95. The first-order valence-corrected chi connectivity index (χ1v) is 16.4. The predicted octanol–water partition coefficient (Wildman–Crippen LogP) is 7.27. The summed E-state index contributed by atoms with van der Waals surface area (Å²) in [4.78, 5) is 34.5. The first-order valence-electron chi connectivity index (χ1n) is 15.4. The lowest BCUT2D eigenvalue weighted by molar-refractivity contribution is -0.137. The first kappa shape index (κ1) is 31.9. The van der Waals surface area contributed by atoms with E-state index in [2.05, 4.69) is 11.6 Å². The number of hydrogen-bond donors (Lipinski definition) is 0. The van der Waals surface area contributed by atoms with Crippen LogP contribution in [0.5, 0.6) is 0 Å². The Morgan fingerprint density at radius 1 is 1.02 bits per heavy atom. The lowest BCUT2D eigenvalue weighted by Gasteiger charge is -2.44. The number of thioether (sulfide) groups is 1. The third-order valence-electron chi connectivity index (χ3n) is 9.19. The summed E-state index contributed by atoms with van der Waals surface area (Å²) in [6, 6.07) is 11.9. The van der Waals surface area contributed by atoms with Gasteiger partial charge in [0.05, 0.1) is 17.1 Å². The zero-order chi connectivity index (χ0) is 34.1. The third kappa shape index (κ3) is 5.24. The molecule has 1 saturated heterocycles. The van der Waals surface area contributed by atoms with E-state index in [0.717, 1.165) is 40.9 Å². The Hall–Kier alpha value is -4.65. The molecule has 1 unspecified atom stereocenters. The standard InChI is InChI=1S/C35H30F5N5O2S/c1-4-29(46)45-19(2)15-42(16-20(45)3)33-25-14-26(35(38,39)40)30(24-10-9-22(36)13-27(24)37)32-31(25)44(34(47)41-33)17-23(18-48-32)43-12-11-21-7-5-6-8-28(21)43/h4-14,19-20,23H,1,15-18H2,2-3H3/t19-,20+,23?. The molecule has 7 nitrogen and oxygen atoms in total. The maximum atomic E-state index is 15.4. The van der Waals surface area contributed by atoms with Crippen LogP contribution in [0.2, 0.25) is 0 Å². The predicted molar refractivity (Wildman–Crippen MR) is 176 cm³/mol. The summed E-state index contributed by atoms with van der Waals surface area (Å²) < 4.78 is 78.0. The Morgan fingerprint density at radius 3 is 2.44 bits per heavy atom. The maximum absolute atomic E-state index is 15.4. The summed E-state index contributed by atoms with van der Waals surface area (Å²) in [5.41, 5.74) is -1.58. The second kappa shape index (κ2) is 11.8. The molecule has 7 rings (SSSR count). The Labute approximate surface area is 276 Å². The van der Waals surface area contributed by atoms with Crippen molar-refractivity contribution >= 4 is 45.3 Å². The van der Waals surface area contributed by atoms with Crippen LogP contribution in [-0.2, 0) is 17.5 Å². The molecule has 0 saturated carbocycles. The van der Waals surface area contributed by atoms with Gasteiger partial charge in [-0.15, -0.1) is 11.8 Å². The van der Waals surface area contributed by atoms with Crippen molar-refractivity contribution in [3.05, 3.63) is 101 Å². The monoisotopic (exact) mass is 679 g/mol. The SMILES string of the molecule is C=CC(=O)N1[C@H](C)CN(c2nc(=O)n3c4c(c(-c5ccc(F)cc5F)c(C(F)(F)F)cc24)SCC(n2ccc4ccccc42)C3)C[C@@H]1C. The van der Waals surface area contributed by atoms with Crippen molar-refractivity contribution in [2.45, 2.75) is 49.6 Å². The van der Waals surface area contributed by atoms with Crippen molar-refractivity contribution < 1.29 is 26.7 Å². The number of benzene rings is 3.